The number of aromatic hydroxyl groups is 1. The molecular weight excluding hydrogens is 485 g/mol. The highest BCUT2D eigenvalue weighted by molar-refractivity contribution is 6.52. The summed E-state index contributed by atoms with van der Waals surface area (Å²) in [4.78, 5) is 28.0. The maximum Gasteiger partial charge on any atom is 0.300 e. The SMILES string of the molecule is Cc1ccc(C(C)(C)C)cc1/C(O)=C1\C(=O)C(=O)N(c2cc(Cl)cc(Cl)c2)C1c1ccc(O)cc1. The molecule has 35 heavy (non-hydrogen) atoms. The van der Waals surface area contributed by atoms with Crippen LogP contribution in [0, 0.1) is 6.92 Å². The van der Waals surface area contributed by atoms with E-state index in [1.165, 1.54) is 35.2 Å². The van der Waals surface area contributed by atoms with Gasteiger partial charge in [-0.15, -0.1) is 0 Å². The van der Waals surface area contributed by atoms with E-state index in [1.807, 2.05) is 25.1 Å². The molecule has 1 aliphatic rings. The molecule has 0 bridgehead atoms. The van der Waals surface area contributed by atoms with Crippen molar-refractivity contribution in [3.05, 3.63) is 98.5 Å². The van der Waals surface area contributed by atoms with E-state index < -0.39 is 17.7 Å². The zero-order chi connectivity index (χ0) is 25.7. The van der Waals surface area contributed by atoms with Crippen molar-refractivity contribution in [1.29, 1.82) is 0 Å². The summed E-state index contributed by atoms with van der Waals surface area (Å²) in [5, 5.41) is 21.9. The molecule has 3 aromatic carbocycles. The largest absolute Gasteiger partial charge is 0.508 e. The number of phenols is 1. The van der Waals surface area contributed by atoms with E-state index in [0.29, 0.717) is 26.9 Å². The van der Waals surface area contributed by atoms with E-state index >= 15 is 0 Å². The van der Waals surface area contributed by atoms with Gasteiger partial charge in [0.1, 0.15) is 11.5 Å². The fourth-order valence-electron chi connectivity index (χ4n) is 4.24. The number of rotatable bonds is 3. The minimum Gasteiger partial charge on any atom is -0.508 e. The van der Waals surface area contributed by atoms with E-state index in [2.05, 4.69) is 20.8 Å². The third kappa shape index (κ3) is 4.66. The van der Waals surface area contributed by atoms with Gasteiger partial charge in [0.05, 0.1) is 11.6 Å². The number of aliphatic hydroxyl groups is 1. The second-order valence-corrected chi connectivity index (χ2v) is 10.5. The third-order valence-corrected chi connectivity index (χ3v) is 6.57. The molecule has 0 radical (unpaired) electrons. The van der Waals surface area contributed by atoms with Crippen LogP contribution in [0.4, 0.5) is 5.69 Å². The predicted molar refractivity (Wildman–Crippen MR) is 139 cm³/mol. The van der Waals surface area contributed by atoms with E-state index in [-0.39, 0.29) is 22.5 Å². The summed E-state index contributed by atoms with van der Waals surface area (Å²) in [6.45, 7) is 8.00. The first-order valence-corrected chi connectivity index (χ1v) is 11.8. The molecule has 180 valence electrons. The third-order valence-electron chi connectivity index (χ3n) is 6.14. The molecule has 2 N–H and O–H groups in total. The van der Waals surface area contributed by atoms with Gasteiger partial charge in [0, 0.05) is 21.3 Å². The molecule has 0 spiro atoms. The van der Waals surface area contributed by atoms with Gasteiger partial charge >= 0.3 is 0 Å². The monoisotopic (exact) mass is 509 g/mol. The number of benzene rings is 3. The molecule has 0 saturated carbocycles. The molecule has 0 aromatic heterocycles. The number of ketones is 1. The quantitative estimate of drug-likeness (QED) is 0.228. The molecule has 5 nitrogen and oxygen atoms in total. The Morgan fingerprint density at radius 3 is 2.09 bits per heavy atom. The number of Topliss-reactive ketones (excluding diaryl/α,β-unsaturated/α-hetero) is 1. The van der Waals surface area contributed by atoms with E-state index in [1.54, 1.807) is 12.1 Å². The van der Waals surface area contributed by atoms with Crippen molar-refractivity contribution < 1.29 is 19.8 Å². The summed E-state index contributed by atoms with van der Waals surface area (Å²) in [6.07, 6.45) is 0. The minimum atomic E-state index is -0.956. The van der Waals surface area contributed by atoms with Gasteiger partial charge in [-0.3, -0.25) is 14.5 Å². The van der Waals surface area contributed by atoms with Gasteiger partial charge in [0.2, 0.25) is 0 Å². The van der Waals surface area contributed by atoms with Gasteiger partial charge in [-0.05, 0) is 65.4 Å². The smallest absolute Gasteiger partial charge is 0.300 e. The van der Waals surface area contributed by atoms with Crippen molar-refractivity contribution in [3.63, 3.8) is 0 Å². The number of aliphatic hydroxyl groups excluding tert-OH is 1. The molecule has 3 aromatic rings. The number of hydrogen-bond acceptors (Lipinski definition) is 4. The first-order chi connectivity index (χ1) is 16.4. The summed E-state index contributed by atoms with van der Waals surface area (Å²) in [6, 6.07) is 15.5. The van der Waals surface area contributed by atoms with Crippen LogP contribution in [-0.2, 0) is 15.0 Å². The Hall–Kier alpha value is -3.28. The fraction of sp³-hybridized carbons (Fsp3) is 0.214. The van der Waals surface area contributed by atoms with E-state index in [9.17, 15) is 19.8 Å². The molecule has 1 aliphatic heterocycles. The number of carbonyl (C=O) groups excluding carboxylic acids is 2. The Bertz CT molecular complexity index is 1350. The molecule has 1 saturated heterocycles. The highest BCUT2D eigenvalue weighted by Crippen LogP contribution is 2.44. The lowest BCUT2D eigenvalue weighted by atomic mass is 9.84. The van der Waals surface area contributed by atoms with Gasteiger partial charge in [-0.2, -0.15) is 0 Å². The standard InChI is InChI=1S/C28H25Cl2NO4/c1-15-5-8-17(28(2,3)4)11-22(15)25(33)23-24(16-6-9-21(32)10-7-16)31(27(35)26(23)34)20-13-18(29)12-19(30)14-20/h5-14,24,32-33H,1-4H3/b25-23+. The summed E-state index contributed by atoms with van der Waals surface area (Å²) in [5.41, 5.74) is 2.82. The Morgan fingerprint density at radius 2 is 1.51 bits per heavy atom. The average molecular weight is 510 g/mol. The van der Waals surface area contributed by atoms with Crippen LogP contribution in [-0.4, -0.2) is 21.9 Å². The molecule has 1 unspecified atom stereocenters. The van der Waals surface area contributed by atoms with Crippen molar-refractivity contribution in [2.45, 2.75) is 39.2 Å². The maximum absolute atomic E-state index is 13.4. The summed E-state index contributed by atoms with van der Waals surface area (Å²) < 4.78 is 0. The lowest BCUT2D eigenvalue weighted by Gasteiger charge is -2.26. The van der Waals surface area contributed by atoms with Crippen molar-refractivity contribution in [3.8, 4) is 5.75 Å². The molecule has 4 rings (SSSR count). The Labute approximate surface area is 214 Å². The maximum atomic E-state index is 13.4. The molecule has 0 aliphatic carbocycles. The molecular formula is C28H25Cl2NO4. The van der Waals surface area contributed by atoms with Gasteiger partial charge in [0.25, 0.3) is 11.7 Å². The van der Waals surface area contributed by atoms with Crippen molar-refractivity contribution >= 4 is 46.3 Å². The van der Waals surface area contributed by atoms with Gasteiger partial charge in [-0.25, -0.2) is 0 Å². The molecule has 1 amide bonds. The van der Waals surface area contributed by atoms with Crippen LogP contribution >= 0.6 is 23.2 Å². The molecule has 1 atom stereocenters. The average Bonchev–Trinajstić information content (AvgIpc) is 3.03. The second-order valence-electron chi connectivity index (χ2n) is 9.67. The number of halogens is 2. The Morgan fingerprint density at radius 1 is 0.914 bits per heavy atom. The topological polar surface area (TPSA) is 77.8 Å². The van der Waals surface area contributed by atoms with Gasteiger partial charge < -0.3 is 10.2 Å². The van der Waals surface area contributed by atoms with Crippen molar-refractivity contribution in [1.82, 2.24) is 0 Å². The van der Waals surface area contributed by atoms with E-state index in [4.69, 9.17) is 23.2 Å². The van der Waals surface area contributed by atoms with Crippen LogP contribution in [0.3, 0.4) is 0 Å². The number of phenolic OH excluding ortho intramolecular Hbond substituents is 1. The zero-order valence-electron chi connectivity index (χ0n) is 19.8. The van der Waals surface area contributed by atoms with Crippen LogP contribution in [0.2, 0.25) is 10.0 Å². The predicted octanol–water partition coefficient (Wildman–Crippen LogP) is 6.93. The van der Waals surface area contributed by atoms with Crippen molar-refractivity contribution in [2.75, 3.05) is 4.90 Å². The number of anilines is 1. The Kier molecular flexibility index (Phi) is 6.43. The minimum absolute atomic E-state index is 0.0326. The molecule has 1 heterocycles. The van der Waals surface area contributed by atoms with Crippen LogP contribution in [0.15, 0.2) is 66.2 Å². The summed E-state index contributed by atoms with van der Waals surface area (Å²) >= 11 is 12.4. The molecule has 7 heteroatoms. The van der Waals surface area contributed by atoms with E-state index in [0.717, 1.165) is 11.1 Å². The first-order valence-electron chi connectivity index (χ1n) is 11.1. The van der Waals surface area contributed by atoms with Crippen LogP contribution in [0.25, 0.3) is 5.76 Å². The summed E-state index contributed by atoms with van der Waals surface area (Å²) in [7, 11) is 0. The van der Waals surface area contributed by atoms with Gasteiger partial charge in [-0.1, -0.05) is 68.2 Å². The van der Waals surface area contributed by atoms with Crippen LogP contribution in [0.5, 0.6) is 5.75 Å². The number of carbonyl (C=O) groups is 2. The normalized spacial score (nSPS) is 17.8. The fourth-order valence-corrected chi connectivity index (χ4v) is 4.75. The number of aryl methyl sites for hydroxylation is 1. The second kappa shape index (κ2) is 9.06. The molecule has 1 fully saturated rings. The van der Waals surface area contributed by atoms with Crippen LogP contribution < -0.4 is 4.90 Å². The lowest BCUT2D eigenvalue weighted by Crippen LogP contribution is -2.29. The highest BCUT2D eigenvalue weighted by Gasteiger charge is 2.47. The summed E-state index contributed by atoms with van der Waals surface area (Å²) in [5.74, 6) is -1.87. The zero-order valence-corrected chi connectivity index (χ0v) is 21.3. The number of nitrogens with zero attached hydrogens (tertiary/aromatic N) is 1. The van der Waals surface area contributed by atoms with Gasteiger partial charge in [0.15, 0.2) is 0 Å². The first kappa shape index (κ1) is 24.8. The number of amides is 1. The Balaban J connectivity index is 2.00. The lowest BCUT2D eigenvalue weighted by molar-refractivity contribution is -0.132. The number of hydrogen-bond donors (Lipinski definition) is 2. The van der Waals surface area contributed by atoms with Crippen LogP contribution in [0.1, 0.15) is 49.1 Å². The highest BCUT2D eigenvalue weighted by atomic mass is 35.5. The van der Waals surface area contributed by atoms with Crippen molar-refractivity contribution in [2.24, 2.45) is 0 Å².